The van der Waals surface area contributed by atoms with E-state index in [2.05, 4.69) is 15.9 Å². The molecule has 0 atom stereocenters. The Morgan fingerprint density at radius 3 is 2.30 bits per heavy atom. The highest BCUT2D eigenvalue weighted by Gasteiger charge is 2.23. The summed E-state index contributed by atoms with van der Waals surface area (Å²) >= 11 is 2.76. The molecule has 114 valence electrons. The normalized spacial score (nSPS) is 12.6. The number of benzene rings is 1. The topological polar surface area (TPSA) is 106 Å². The Balaban J connectivity index is 2.85. The Bertz CT molecular complexity index is 684. The summed E-state index contributed by atoms with van der Waals surface area (Å²) in [7, 11) is -7.93. The number of halogens is 3. The third-order valence-electron chi connectivity index (χ3n) is 2.13. The van der Waals surface area contributed by atoms with E-state index in [-0.39, 0.29) is 17.4 Å². The molecule has 0 saturated carbocycles. The molecule has 0 heterocycles. The molecule has 1 rings (SSSR count). The fourth-order valence-corrected chi connectivity index (χ4v) is 4.12. The quantitative estimate of drug-likeness (QED) is 0.694. The highest BCUT2D eigenvalue weighted by Crippen LogP contribution is 2.25. The van der Waals surface area contributed by atoms with Crippen LogP contribution in [0.4, 0.5) is 8.78 Å². The molecule has 0 aliphatic rings. The molecule has 1 aromatic carbocycles. The van der Waals surface area contributed by atoms with Gasteiger partial charge in [-0.15, -0.1) is 0 Å². The zero-order valence-corrected chi connectivity index (χ0v) is 13.2. The molecule has 3 N–H and O–H groups in total. The summed E-state index contributed by atoms with van der Waals surface area (Å²) in [5, 5.41) is 4.75. The van der Waals surface area contributed by atoms with E-state index in [9.17, 15) is 25.6 Å². The third-order valence-corrected chi connectivity index (χ3v) is 5.41. The Labute approximate surface area is 123 Å². The van der Waals surface area contributed by atoms with Gasteiger partial charge in [-0.1, -0.05) is 0 Å². The zero-order chi connectivity index (χ0) is 15.6. The molecule has 0 amide bonds. The number of sulfonamides is 2. The lowest BCUT2D eigenvalue weighted by Gasteiger charge is -2.09. The van der Waals surface area contributed by atoms with Gasteiger partial charge < -0.3 is 0 Å². The van der Waals surface area contributed by atoms with Gasteiger partial charge in [0.25, 0.3) is 0 Å². The van der Waals surface area contributed by atoms with Crippen molar-refractivity contribution in [2.45, 2.75) is 11.3 Å². The van der Waals surface area contributed by atoms with Crippen LogP contribution in [0, 0.1) is 11.6 Å². The van der Waals surface area contributed by atoms with E-state index in [4.69, 9.17) is 5.14 Å². The van der Waals surface area contributed by atoms with E-state index in [0.29, 0.717) is 6.07 Å². The highest BCUT2D eigenvalue weighted by molar-refractivity contribution is 9.10. The van der Waals surface area contributed by atoms with Crippen LogP contribution < -0.4 is 9.86 Å². The van der Waals surface area contributed by atoms with Crippen molar-refractivity contribution in [3.8, 4) is 0 Å². The minimum Gasteiger partial charge on any atom is -0.229 e. The van der Waals surface area contributed by atoms with Crippen LogP contribution in [0.1, 0.15) is 6.42 Å². The van der Waals surface area contributed by atoms with Gasteiger partial charge in [-0.3, -0.25) is 0 Å². The molecule has 0 radical (unpaired) electrons. The molecule has 0 unspecified atom stereocenters. The van der Waals surface area contributed by atoms with Gasteiger partial charge in [0.2, 0.25) is 20.0 Å². The van der Waals surface area contributed by atoms with Gasteiger partial charge >= 0.3 is 0 Å². The molecule has 6 nitrogen and oxygen atoms in total. The molecule has 0 bridgehead atoms. The molecule has 0 aliphatic carbocycles. The summed E-state index contributed by atoms with van der Waals surface area (Å²) in [5.41, 5.74) is 0. The minimum atomic E-state index is -4.23. The maximum atomic E-state index is 13.5. The first-order valence-electron chi connectivity index (χ1n) is 5.17. The lowest BCUT2D eigenvalue weighted by Crippen LogP contribution is -2.28. The fraction of sp³-hybridized carbons (Fsp3) is 0.333. The second kappa shape index (κ2) is 6.43. The maximum Gasteiger partial charge on any atom is 0.244 e. The summed E-state index contributed by atoms with van der Waals surface area (Å²) < 4.78 is 73.1. The number of hydrogen-bond donors (Lipinski definition) is 2. The van der Waals surface area contributed by atoms with Gasteiger partial charge in [-0.05, 0) is 28.4 Å². The second-order valence-corrected chi connectivity index (χ2v) is 8.11. The van der Waals surface area contributed by atoms with Gasteiger partial charge in [-0.25, -0.2) is 35.5 Å². The van der Waals surface area contributed by atoms with E-state index in [1.165, 1.54) is 0 Å². The number of nitrogens with one attached hydrogen (secondary N) is 1. The predicted octanol–water partition coefficient (Wildman–Crippen LogP) is 0.684. The minimum absolute atomic E-state index is 0.0709. The Kier molecular flexibility index (Phi) is 5.61. The summed E-state index contributed by atoms with van der Waals surface area (Å²) in [6.07, 6.45) is -0.0709. The van der Waals surface area contributed by atoms with Gasteiger partial charge in [0.15, 0.2) is 0 Å². The van der Waals surface area contributed by atoms with Crippen LogP contribution in [0.3, 0.4) is 0 Å². The van der Waals surface area contributed by atoms with Crippen molar-refractivity contribution in [3.63, 3.8) is 0 Å². The summed E-state index contributed by atoms with van der Waals surface area (Å²) in [5.74, 6) is -2.60. The van der Waals surface area contributed by atoms with E-state index in [1.807, 2.05) is 4.72 Å². The molecule has 0 fully saturated rings. The lowest BCUT2D eigenvalue weighted by atomic mass is 10.3. The molecule has 1 aromatic rings. The van der Waals surface area contributed by atoms with Crippen LogP contribution in [0.5, 0.6) is 0 Å². The number of rotatable bonds is 6. The second-order valence-electron chi connectivity index (χ2n) is 3.82. The summed E-state index contributed by atoms with van der Waals surface area (Å²) in [6, 6.07) is 1.24. The van der Waals surface area contributed by atoms with E-state index in [0.717, 1.165) is 6.07 Å². The standard InChI is InChI=1S/C9H11BrF2N2O4S2/c10-7-4-6(11)5-8(12)9(7)20(17,18)14-2-1-3-19(13,15)16/h4-5,14H,1-3H2,(H2,13,15,16). The van der Waals surface area contributed by atoms with Crippen LogP contribution in [0.2, 0.25) is 0 Å². The third kappa shape index (κ3) is 5.05. The van der Waals surface area contributed by atoms with Crippen molar-refractivity contribution in [1.82, 2.24) is 4.72 Å². The van der Waals surface area contributed by atoms with Gasteiger partial charge in [0.1, 0.15) is 16.5 Å². The van der Waals surface area contributed by atoms with Gasteiger partial charge in [-0.2, -0.15) is 0 Å². The monoisotopic (exact) mass is 392 g/mol. The van der Waals surface area contributed by atoms with Crippen LogP contribution in [-0.4, -0.2) is 29.1 Å². The molecular formula is C9H11BrF2N2O4S2. The molecule has 11 heteroatoms. The smallest absolute Gasteiger partial charge is 0.229 e. The van der Waals surface area contributed by atoms with Crippen molar-refractivity contribution < 1.29 is 25.6 Å². The average molecular weight is 393 g/mol. The average Bonchev–Trinajstić information content (AvgIpc) is 2.21. The Hall–Kier alpha value is -0.620. The maximum absolute atomic E-state index is 13.5. The van der Waals surface area contributed by atoms with Crippen LogP contribution in [-0.2, 0) is 20.0 Å². The molecule has 0 aliphatic heterocycles. The summed E-state index contributed by atoms with van der Waals surface area (Å²) in [4.78, 5) is -0.741. The van der Waals surface area contributed by atoms with Crippen LogP contribution in [0.15, 0.2) is 21.5 Å². The highest BCUT2D eigenvalue weighted by atomic mass is 79.9. The molecule has 0 spiro atoms. The Morgan fingerprint density at radius 2 is 1.80 bits per heavy atom. The van der Waals surface area contributed by atoms with Crippen molar-refractivity contribution in [3.05, 3.63) is 28.2 Å². The molecule has 0 aromatic heterocycles. The SMILES string of the molecule is NS(=O)(=O)CCCNS(=O)(=O)c1c(F)cc(F)cc1Br. The van der Waals surface area contributed by atoms with Gasteiger partial charge in [0, 0.05) is 17.1 Å². The number of primary sulfonamides is 1. The van der Waals surface area contributed by atoms with E-state index >= 15 is 0 Å². The first kappa shape index (κ1) is 17.4. The predicted molar refractivity (Wildman–Crippen MR) is 71.8 cm³/mol. The van der Waals surface area contributed by atoms with Crippen molar-refractivity contribution in [1.29, 1.82) is 0 Å². The first-order valence-corrected chi connectivity index (χ1v) is 9.17. The molecule has 0 saturated heterocycles. The fourth-order valence-electron chi connectivity index (χ4n) is 1.34. The summed E-state index contributed by atoms with van der Waals surface area (Å²) in [6.45, 7) is -0.248. The van der Waals surface area contributed by atoms with Crippen LogP contribution >= 0.6 is 15.9 Å². The number of hydrogen-bond acceptors (Lipinski definition) is 4. The van der Waals surface area contributed by atoms with Crippen molar-refractivity contribution in [2.24, 2.45) is 5.14 Å². The zero-order valence-electron chi connectivity index (χ0n) is 9.94. The van der Waals surface area contributed by atoms with E-state index in [1.54, 1.807) is 0 Å². The van der Waals surface area contributed by atoms with Crippen molar-refractivity contribution >= 4 is 36.0 Å². The van der Waals surface area contributed by atoms with E-state index < -0.39 is 42.3 Å². The van der Waals surface area contributed by atoms with Crippen molar-refractivity contribution in [2.75, 3.05) is 12.3 Å². The first-order chi connectivity index (χ1) is 9.03. The van der Waals surface area contributed by atoms with Crippen LogP contribution in [0.25, 0.3) is 0 Å². The molecule has 20 heavy (non-hydrogen) atoms. The molecular weight excluding hydrogens is 382 g/mol. The number of nitrogens with two attached hydrogens (primary N) is 1. The van der Waals surface area contributed by atoms with Gasteiger partial charge in [0.05, 0.1) is 5.75 Å². The Morgan fingerprint density at radius 1 is 1.20 bits per heavy atom. The largest absolute Gasteiger partial charge is 0.244 e. The lowest BCUT2D eigenvalue weighted by molar-refractivity contribution is 0.540.